The van der Waals surface area contributed by atoms with Crippen LogP contribution in [0.2, 0.25) is 0 Å². The summed E-state index contributed by atoms with van der Waals surface area (Å²) in [5, 5.41) is 2.73. The van der Waals surface area contributed by atoms with Gasteiger partial charge in [0.05, 0.1) is 23.8 Å². The fourth-order valence-corrected chi connectivity index (χ4v) is 3.47. The Morgan fingerprint density at radius 2 is 1.61 bits per heavy atom. The number of carbonyl (C=O) groups excluding carboxylic acids is 4. The molecule has 0 radical (unpaired) electrons. The number of carbonyl (C=O) groups is 4. The smallest absolute Gasteiger partial charge is 0.339 e. The van der Waals surface area contributed by atoms with Crippen LogP contribution < -0.4 is 10.1 Å². The number of fused-ring (bicyclic) bond motifs is 1. The minimum Gasteiger partial charge on any atom is -0.497 e. The summed E-state index contributed by atoms with van der Waals surface area (Å²) in [5.41, 5.74) is 1.34. The zero-order chi connectivity index (χ0) is 23.5. The lowest BCUT2D eigenvalue weighted by atomic mass is 10.1. The predicted octanol–water partition coefficient (Wildman–Crippen LogP) is 3.46. The van der Waals surface area contributed by atoms with Gasteiger partial charge in [0.2, 0.25) is 6.10 Å². The van der Waals surface area contributed by atoms with E-state index >= 15 is 0 Å². The average molecular weight is 444 g/mol. The van der Waals surface area contributed by atoms with E-state index in [4.69, 9.17) is 9.47 Å². The van der Waals surface area contributed by atoms with Gasteiger partial charge in [0.1, 0.15) is 5.75 Å². The van der Waals surface area contributed by atoms with E-state index in [1.165, 1.54) is 32.4 Å². The molecule has 166 valence electrons. The highest BCUT2D eigenvalue weighted by Gasteiger charge is 2.34. The molecule has 0 saturated heterocycles. The molecular weight excluding hydrogens is 424 g/mol. The molecule has 0 fully saturated rings. The number of hydrogen-bond acceptors (Lipinski definition) is 6. The van der Waals surface area contributed by atoms with Crippen LogP contribution in [0, 0.1) is 0 Å². The summed E-state index contributed by atoms with van der Waals surface area (Å²) in [6, 6.07) is 19.5. The standard InChI is InChI=1S/C25H20N2O6/c1-27-23(29)19-12-11-16(13-20(19)24(27)30)25(31)33-21(15-7-4-3-5-8-15)22(28)26-17-9-6-10-18(14-17)32-2/h3-14,21H,1-2H3,(H,26,28). The van der Waals surface area contributed by atoms with E-state index in [0.29, 0.717) is 17.0 Å². The minimum atomic E-state index is -1.25. The number of rotatable bonds is 6. The summed E-state index contributed by atoms with van der Waals surface area (Å²) in [4.78, 5) is 51.3. The third kappa shape index (κ3) is 4.31. The Kier molecular flexibility index (Phi) is 5.91. The zero-order valence-electron chi connectivity index (χ0n) is 17.9. The summed E-state index contributed by atoms with van der Waals surface area (Å²) in [6.07, 6.45) is -1.25. The van der Waals surface area contributed by atoms with Crippen molar-refractivity contribution in [2.75, 3.05) is 19.5 Å². The quantitative estimate of drug-likeness (QED) is 0.462. The maximum atomic E-state index is 13.1. The van der Waals surface area contributed by atoms with Crippen LogP contribution in [0.15, 0.2) is 72.8 Å². The number of hydrogen-bond donors (Lipinski definition) is 1. The first-order valence-corrected chi connectivity index (χ1v) is 10.1. The van der Waals surface area contributed by atoms with Crippen molar-refractivity contribution in [3.8, 4) is 5.75 Å². The van der Waals surface area contributed by atoms with E-state index in [0.717, 1.165) is 4.90 Å². The van der Waals surface area contributed by atoms with E-state index in [9.17, 15) is 19.2 Å². The van der Waals surface area contributed by atoms with Crippen LogP contribution >= 0.6 is 0 Å². The third-order valence-electron chi connectivity index (χ3n) is 5.23. The average Bonchev–Trinajstić information content (AvgIpc) is 3.06. The Hall–Kier alpha value is -4.46. The number of nitrogens with zero attached hydrogens (tertiary/aromatic N) is 1. The van der Waals surface area contributed by atoms with Gasteiger partial charge < -0.3 is 14.8 Å². The van der Waals surface area contributed by atoms with Crippen molar-refractivity contribution < 1.29 is 28.7 Å². The molecule has 4 rings (SSSR count). The molecule has 0 saturated carbocycles. The van der Waals surface area contributed by atoms with Crippen LogP contribution in [0.5, 0.6) is 5.75 Å². The highest BCUT2D eigenvalue weighted by atomic mass is 16.5. The van der Waals surface area contributed by atoms with E-state index in [1.54, 1.807) is 54.6 Å². The molecule has 0 aromatic heterocycles. The van der Waals surface area contributed by atoms with E-state index in [1.807, 2.05) is 0 Å². The Bertz CT molecular complexity index is 1250. The SMILES string of the molecule is COc1cccc(NC(=O)C(OC(=O)c2ccc3c(c2)C(=O)N(C)C3=O)c2ccccc2)c1. The molecule has 1 atom stereocenters. The van der Waals surface area contributed by atoms with Crippen LogP contribution in [-0.2, 0) is 9.53 Å². The fourth-order valence-electron chi connectivity index (χ4n) is 3.47. The lowest BCUT2D eigenvalue weighted by Crippen LogP contribution is -2.26. The number of anilines is 1. The first kappa shape index (κ1) is 21.8. The second kappa shape index (κ2) is 8.96. The highest BCUT2D eigenvalue weighted by Crippen LogP contribution is 2.26. The number of ether oxygens (including phenoxy) is 2. The number of amides is 3. The number of esters is 1. The molecule has 1 N–H and O–H groups in total. The molecular formula is C25H20N2O6. The van der Waals surface area contributed by atoms with Gasteiger partial charge in [-0.25, -0.2) is 4.79 Å². The number of nitrogens with one attached hydrogen (secondary N) is 1. The second-order valence-electron chi connectivity index (χ2n) is 7.35. The molecule has 3 amide bonds. The van der Waals surface area contributed by atoms with Crippen molar-refractivity contribution in [2.45, 2.75) is 6.10 Å². The van der Waals surface area contributed by atoms with Crippen LogP contribution in [-0.4, -0.2) is 42.7 Å². The molecule has 1 heterocycles. The van der Waals surface area contributed by atoms with Gasteiger partial charge in [0.15, 0.2) is 0 Å². The van der Waals surface area contributed by atoms with Crippen molar-refractivity contribution in [2.24, 2.45) is 0 Å². The first-order chi connectivity index (χ1) is 15.9. The summed E-state index contributed by atoms with van der Waals surface area (Å²) in [6.45, 7) is 0. The molecule has 3 aromatic rings. The molecule has 3 aromatic carbocycles. The monoisotopic (exact) mass is 444 g/mol. The van der Waals surface area contributed by atoms with Gasteiger partial charge in [0.25, 0.3) is 17.7 Å². The summed E-state index contributed by atoms with van der Waals surface area (Å²) >= 11 is 0. The van der Waals surface area contributed by atoms with Gasteiger partial charge in [-0.15, -0.1) is 0 Å². The lowest BCUT2D eigenvalue weighted by molar-refractivity contribution is -0.125. The normalized spacial score (nSPS) is 13.3. The molecule has 33 heavy (non-hydrogen) atoms. The zero-order valence-corrected chi connectivity index (χ0v) is 17.9. The Balaban J connectivity index is 1.60. The van der Waals surface area contributed by atoms with Gasteiger partial charge >= 0.3 is 5.97 Å². The maximum absolute atomic E-state index is 13.1. The van der Waals surface area contributed by atoms with Crippen LogP contribution in [0.25, 0.3) is 0 Å². The van der Waals surface area contributed by atoms with E-state index < -0.39 is 29.8 Å². The summed E-state index contributed by atoms with van der Waals surface area (Å²) in [7, 11) is 2.89. The summed E-state index contributed by atoms with van der Waals surface area (Å²) in [5.74, 6) is -1.74. The second-order valence-corrected chi connectivity index (χ2v) is 7.35. The lowest BCUT2D eigenvalue weighted by Gasteiger charge is -2.18. The first-order valence-electron chi connectivity index (χ1n) is 10.1. The predicted molar refractivity (Wildman–Crippen MR) is 119 cm³/mol. The van der Waals surface area contributed by atoms with Gasteiger partial charge in [-0.3, -0.25) is 19.3 Å². The van der Waals surface area contributed by atoms with Crippen LogP contribution in [0.1, 0.15) is 42.7 Å². The minimum absolute atomic E-state index is 0.0558. The highest BCUT2D eigenvalue weighted by molar-refractivity contribution is 6.21. The van der Waals surface area contributed by atoms with Gasteiger partial charge in [0, 0.05) is 24.4 Å². The van der Waals surface area contributed by atoms with Crippen molar-refractivity contribution in [3.63, 3.8) is 0 Å². The van der Waals surface area contributed by atoms with Crippen molar-refractivity contribution in [1.82, 2.24) is 4.90 Å². The molecule has 8 nitrogen and oxygen atoms in total. The van der Waals surface area contributed by atoms with Crippen LogP contribution in [0.4, 0.5) is 5.69 Å². The fraction of sp³-hybridized carbons (Fsp3) is 0.120. The largest absolute Gasteiger partial charge is 0.497 e. The third-order valence-corrected chi connectivity index (χ3v) is 5.23. The molecule has 0 aliphatic carbocycles. The molecule has 1 aliphatic rings. The number of benzene rings is 3. The molecule has 8 heteroatoms. The van der Waals surface area contributed by atoms with Gasteiger partial charge in [-0.2, -0.15) is 0 Å². The topological polar surface area (TPSA) is 102 Å². The Morgan fingerprint density at radius 3 is 2.33 bits per heavy atom. The van der Waals surface area contributed by atoms with Crippen molar-refractivity contribution in [3.05, 3.63) is 95.1 Å². The molecule has 0 bridgehead atoms. The van der Waals surface area contributed by atoms with Gasteiger partial charge in [-0.1, -0.05) is 36.4 Å². The molecule has 1 aliphatic heterocycles. The van der Waals surface area contributed by atoms with Crippen molar-refractivity contribution in [1.29, 1.82) is 0 Å². The Labute approximate surface area is 189 Å². The number of imide groups is 1. The number of methoxy groups -OCH3 is 1. The Morgan fingerprint density at radius 1 is 0.879 bits per heavy atom. The summed E-state index contributed by atoms with van der Waals surface area (Å²) < 4.78 is 10.7. The van der Waals surface area contributed by atoms with E-state index in [2.05, 4.69) is 5.32 Å². The maximum Gasteiger partial charge on any atom is 0.339 e. The van der Waals surface area contributed by atoms with E-state index in [-0.39, 0.29) is 16.7 Å². The van der Waals surface area contributed by atoms with Crippen LogP contribution in [0.3, 0.4) is 0 Å². The molecule has 1 unspecified atom stereocenters. The van der Waals surface area contributed by atoms with Gasteiger partial charge in [-0.05, 0) is 30.3 Å². The molecule has 0 spiro atoms. The van der Waals surface area contributed by atoms with Crippen molar-refractivity contribution >= 4 is 29.4 Å².